The van der Waals surface area contributed by atoms with Gasteiger partial charge in [-0.1, -0.05) is 32.2 Å². The summed E-state index contributed by atoms with van der Waals surface area (Å²) >= 11 is 0. The lowest BCUT2D eigenvalue weighted by molar-refractivity contribution is -0.145. The molecule has 0 aromatic rings. The van der Waals surface area contributed by atoms with Gasteiger partial charge in [-0.2, -0.15) is 0 Å². The van der Waals surface area contributed by atoms with Crippen LogP contribution in [0.4, 0.5) is 0 Å². The van der Waals surface area contributed by atoms with E-state index >= 15 is 0 Å². The van der Waals surface area contributed by atoms with Crippen LogP contribution in [0.5, 0.6) is 0 Å². The Morgan fingerprint density at radius 1 is 0.793 bits per heavy atom. The van der Waals surface area contributed by atoms with Gasteiger partial charge in [-0.25, -0.2) is 9.59 Å². The lowest BCUT2D eigenvalue weighted by atomic mass is 9.61. The van der Waals surface area contributed by atoms with Crippen LogP contribution in [-0.2, 0) is 19.1 Å². The minimum absolute atomic E-state index is 0.132. The average Bonchev–Trinajstić information content (AvgIpc) is 2.61. The number of carbonyl (C=O) groups excluding carboxylic acids is 2. The molecule has 0 rings (SSSR count). The molecule has 0 heterocycles. The van der Waals surface area contributed by atoms with Crippen LogP contribution in [0.2, 0.25) is 0 Å². The van der Waals surface area contributed by atoms with Gasteiger partial charge in [0, 0.05) is 11.1 Å². The molecule has 0 aliphatic carbocycles. The number of rotatable bonds is 11. The first-order valence-corrected chi connectivity index (χ1v) is 8.95. The maximum absolute atomic E-state index is 11.9. The van der Waals surface area contributed by atoms with E-state index in [1.165, 1.54) is 13.8 Å². The molecule has 0 saturated heterocycles. The van der Waals surface area contributed by atoms with E-state index in [1.807, 2.05) is 0 Å². The molecule has 2 unspecified atom stereocenters. The predicted octanol–water partition coefficient (Wildman–Crippen LogP) is -1.17. The summed E-state index contributed by atoms with van der Waals surface area (Å²) in [4.78, 5) is 23.6. The van der Waals surface area contributed by atoms with Crippen molar-refractivity contribution >= 4 is 11.9 Å². The van der Waals surface area contributed by atoms with E-state index in [1.54, 1.807) is 13.8 Å². The molecule has 12 N–H and O–H groups in total. The highest BCUT2D eigenvalue weighted by Gasteiger charge is 2.63. The zero-order valence-corrected chi connectivity index (χ0v) is 17.8. The monoisotopic (exact) mass is 412 g/mol. The van der Waals surface area contributed by atoms with Crippen molar-refractivity contribution in [3.63, 3.8) is 0 Å². The van der Waals surface area contributed by atoms with Gasteiger partial charge in [0.1, 0.15) is 24.5 Å². The Morgan fingerprint density at radius 2 is 1.17 bits per heavy atom. The van der Waals surface area contributed by atoms with Gasteiger partial charge in [-0.05, 0) is 27.2 Å². The number of esters is 2. The van der Waals surface area contributed by atoms with E-state index in [0.717, 1.165) is 0 Å². The maximum atomic E-state index is 11.9. The molecular formula is C19H36N6O4. The largest absolute Gasteiger partial charge is 0.460 e. The third-order valence-corrected chi connectivity index (χ3v) is 5.11. The first-order valence-electron chi connectivity index (χ1n) is 8.95. The molecule has 0 bridgehead atoms. The fourth-order valence-electron chi connectivity index (χ4n) is 2.80. The van der Waals surface area contributed by atoms with Gasteiger partial charge in [-0.15, -0.1) is 0 Å². The van der Waals surface area contributed by atoms with Crippen LogP contribution < -0.4 is 34.4 Å². The number of ether oxygens (including phenoxy) is 2. The van der Waals surface area contributed by atoms with E-state index in [9.17, 15) is 9.59 Å². The van der Waals surface area contributed by atoms with Gasteiger partial charge < -0.3 is 43.9 Å². The second-order valence-corrected chi connectivity index (χ2v) is 7.72. The van der Waals surface area contributed by atoms with Gasteiger partial charge in [0.05, 0.1) is 11.1 Å². The van der Waals surface area contributed by atoms with Crippen LogP contribution >= 0.6 is 0 Å². The summed E-state index contributed by atoms with van der Waals surface area (Å²) in [7, 11) is 0. The van der Waals surface area contributed by atoms with Crippen molar-refractivity contribution in [1.29, 1.82) is 0 Å². The van der Waals surface area contributed by atoms with E-state index in [0.29, 0.717) is 0 Å². The van der Waals surface area contributed by atoms with Crippen LogP contribution in [0.15, 0.2) is 36.5 Å². The SMILES string of the molecule is C=C(C)C(=O)OCC(N)(N)C(N)(N)C(N)(C(=C)C)C(N)(CC)COC(=O)C(=C)C. The third kappa shape index (κ3) is 5.10. The Labute approximate surface area is 172 Å². The second-order valence-electron chi connectivity index (χ2n) is 7.72. The minimum atomic E-state index is -2.15. The van der Waals surface area contributed by atoms with Crippen LogP contribution in [0.3, 0.4) is 0 Å². The van der Waals surface area contributed by atoms with Gasteiger partial charge in [0.15, 0.2) is 0 Å². The summed E-state index contributed by atoms with van der Waals surface area (Å²) in [5.74, 6) is -1.40. The van der Waals surface area contributed by atoms with Crippen molar-refractivity contribution in [2.24, 2.45) is 34.4 Å². The van der Waals surface area contributed by atoms with E-state index in [2.05, 4.69) is 19.7 Å². The maximum Gasteiger partial charge on any atom is 0.333 e. The summed E-state index contributed by atoms with van der Waals surface area (Å²) in [5.41, 5.74) is 31.1. The number of carbonyl (C=O) groups is 2. The molecule has 0 aliphatic heterocycles. The first-order chi connectivity index (χ1) is 12.9. The van der Waals surface area contributed by atoms with Gasteiger partial charge in [0.2, 0.25) is 0 Å². The molecule has 0 spiro atoms. The fourth-order valence-corrected chi connectivity index (χ4v) is 2.80. The molecule has 2 atom stereocenters. The lowest BCUT2D eigenvalue weighted by Gasteiger charge is -2.58. The molecule has 166 valence electrons. The van der Waals surface area contributed by atoms with Gasteiger partial charge in [0.25, 0.3) is 0 Å². The first kappa shape index (κ1) is 26.9. The quantitative estimate of drug-likeness (QED) is 0.104. The second kappa shape index (κ2) is 9.16. The highest BCUT2D eigenvalue weighted by atomic mass is 16.5. The van der Waals surface area contributed by atoms with Crippen LogP contribution in [0, 0.1) is 0 Å². The summed E-state index contributed by atoms with van der Waals surface area (Å²) in [6.45, 7) is 16.1. The van der Waals surface area contributed by atoms with Gasteiger partial charge in [-0.3, -0.25) is 0 Å². The van der Waals surface area contributed by atoms with Crippen molar-refractivity contribution < 1.29 is 19.1 Å². The summed E-state index contributed by atoms with van der Waals surface area (Å²) in [6.07, 6.45) is 0.164. The Morgan fingerprint density at radius 3 is 1.48 bits per heavy atom. The van der Waals surface area contributed by atoms with Gasteiger partial charge >= 0.3 is 11.9 Å². The van der Waals surface area contributed by atoms with Crippen LogP contribution in [-0.4, -0.2) is 47.6 Å². The normalized spacial score (nSPS) is 16.2. The van der Waals surface area contributed by atoms with E-state index < -0.39 is 40.9 Å². The van der Waals surface area contributed by atoms with Crippen molar-refractivity contribution in [2.45, 2.75) is 56.5 Å². The lowest BCUT2D eigenvalue weighted by Crippen LogP contribution is -2.94. The Bertz CT molecular complexity index is 703. The molecule has 0 radical (unpaired) electrons. The number of nitrogens with two attached hydrogens (primary N) is 6. The summed E-state index contributed by atoms with van der Waals surface area (Å²) in [5, 5.41) is 0. The standard InChI is InChI=1S/C19H36N6O4/c1-8-16(20,9-28-14(26)11(2)3)18(23,13(6)7)19(24,25)17(21,22)10-29-15(27)12(4)5/h2,4,6,8-10,20-25H2,1,3,5,7H3. The van der Waals surface area contributed by atoms with Crippen molar-refractivity contribution in [3.05, 3.63) is 36.5 Å². The molecule has 0 fully saturated rings. The average molecular weight is 413 g/mol. The molecule has 0 aromatic heterocycles. The summed E-state index contributed by atoms with van der Waals surface area (Å²) < 4.78 is 10.3. The van der Waals surface area contributed by atoms with E-state index in [-0.39, 0.29) is 29.7 Å². The highest BCUT2D eigenvalue weighted by molar-refractivity contribution is 5.87. The van der Waals surface area contributed by atoms with Crippen molar-refractivity contribution in [2.75, 3.05) is 13.2 Å². The molecule has 0 aromatic carbocycles. The Hall–Kier alpha value is -2.08. The molecule has 0 aliphatic rings. The Kier molecular flexibility index (Phi) is 8.50. The molecule has 29 heavy (non-hydrogen) atoms. The smallest absolute Gasteiger partial charge is 0.333 e. The predicted molar refractivity (Wildman–Crippen MR) is 113 cm³/mol. The van der Waals surface area contributed by atoms with Crippen LogP contribution in [0.25, 0.3) is 0 Å². The summed E-state index contributed by atoms with van der Waals surface area (Å²) in [6, 6.07) is 0. The van der Waals surface area contributed by atoms with Crippen molar-refractivity contribution in [3.8, 4) is 0 Å². The number of hydrogen-bond acceptors (Lipinski definition) is 10. The zero-order chi connectivity index (χ0) is 23.4. The fraction of sp³-hybridized carbons (Fsp3) is 0.579. The highest BCUT2D eigenvalue weighted by Crippen LogP contribution is 2.37. The van der Waals surface area contributed by atoms with E-state index in [4.69, 9.17) is 43.9 Å². The molecular weight excluding hydrogens is 376 g/mol. The van der Waals surface area contributed by atoms with Crippen molar-refractivity contribution in [1.82, 2.24) is 0 Å². The third-order valence-electron chi connectivity index (χ3n) is 5.11. The molecule has 10 heteroatoms. The minimum Gasteiger partial charge on any atom is -0.460 e. The Balaban J connectivity index is 6.15. The zero-order valence-electron chi connectivity index (χ0n) is 17.8. The molecule has 10 nitrogen and oxygen atoms in total. The molecule has 0 saturated carbocycles. The van der Waals surface area contributed by atoms with Crippen LogP contribution in [0.1, 0.15) is 34.1 Å². The topological polar surface area (TPSA) is 209 Å². The molecule has 0 amide bonds. The number of hydrogen-bond donors (Lipinski definition) is 6.